The Kier molecular flexibility index (Phi) is 2.01. The summed E-state index contributed by atoms with van der Waals surface area (Å²) in [6, 6.07) is 3.30. The summed E-state index contributed by atoms with van der Waals surface area (Å²) in [7, 11) is 0. The molecule has 1 aromatic rings. The molecule has 2 nitrogen and oxygen atoms in total. The van der Waals surface area contributed by atoms with Crippen LogP contribution in [0.1, 0.15) is 15.2 Å². The number of hydrogen-bond acceptors (Lipinski definition) is 2. The summed E-state index contributed by atoms with van der Waals surface area (Å²) in [4.78, 5) is 2.06. The van der Waals surface area contributed by atoms with Crippen LogP contribution >= 0.6 is 0 Å². The van der Waals surface area contributed by atoms with E-state index in [1.807, 2.05) is 13.8 Å². The van der Waals surface area contributed by atoms with Gasteiger partial charge < -0.3 is 9.64 Å². The zero-order valence-electron chi connectivity index (χ0n) is 9.38. The third kappa shape index (κ3) is 1.43. The Hall–Kier alpha value is -1.25. The van der Waals surface area contributed by atoms with Gasteiger partial charge in [-0.25, -0.2) is 4.39 Å². The molecule has 0 aliphatic carbocycles. The van der Waals surface area contributed by atoms with Gasteiger partial charge in [-0.15, -0.1) is 0 Å². The van der Waals surface area contributed by atoms with Crippen LogP contribution in [0.15, 0.2) is 18.2 Å². The molecule has 0 saturated carbocycles. The Morgan fingerprint density at radius 1 is 1.57 bits per heavy atom. The Morgan fingerprint density at radius 2 is 2.36 bits per heavy atom. The lowest BCUT2D eigenvalue weighted by molar-refractivity contribution is 0.287. The van der Waals surface area contributed by atoms with E-state index < -0.39 is 5.82 Å². The van der Waals surface area contributed by atoms with Crippen molar-refractivity contribution >= 4 is 5.69 Å². The first-order chi connectivity index (χ1) is 7.09. The fraction of sp³-hybridized carbons (Fsp3) is 0.455. The average Bonchev–Trinajstić information content (AvgIpc) is 2.16. The lowest BCUT2D eigenvalue weighted by atomic mass is 10.2. The minimum Gasteiger partial charge on any atom is -0.486 e. The van der Waals surface area contributed by atoms with Crippen molar-refractivity contribution in [2.45, 2.75) is 19.9 Å². The summed E-state index contributed by atoms with van der Waals surface area (Å²) in [6.45, 7) is 5.33. The number of anilines is 1. The van der Waals surface area contributed by atoms with Crippen molar-refractivity contribution in [1.82, 2.24) is 0 Å². The fourth-order valence-corrected chi connectivity index (χ4v) is 1.71. The third-order valence-electron chi connectivity index (χ3n) is 2.39. The molecule has 0 amide bonds. The van der Waals surface area contributed by atoms with Gasteiger partial charge in [0.05, 0.1) is 13.6 Å². The molecule has 0 atom stereocenters. The molecular weight excluding hydrogens is 181 g/mol. The van der Waals surface area contributed by atoms with Crippen LogP contribution in [0.3, 0.4) is 0 Å². The van der Waals surface area contributed by atoms with Gasteiger partial charge in [0.15, 0.2) is 11.6 Å². The van der Waals surface area contributed by atoms with Gasteiger partial charge in [0.2, 0.25) is 0 Å². The Balaban J connectivity index is 2.50. The van der Waals surface area contributed by atoms with Gasteiger partial charge in [-0.05, 0) is 26.0 Å². The number of para-hydroxylation sites is 1. The average molecular weight is 196 g/mol. The van der Waals surface area contributed by atoms with Crippen LogP contribution in [0, 0.1) is 5.82 Å². The molecule has 14 heavy (non-hydrogen) atoms. The standard InChI is InChI=1S/C11H14FNO/c1-8(2)13-6-7-14-11-9(12)4-3-5-10(11)13/h3-5,8H,6-7H2,1-2H3/i3D. The van der Waals surface area contributed by atoms with Crippen molar-refractivity contribution in [2.75, 3.05) is 18.1 Å². The molecule has 3 heteroatoms. The van der Waals surface area contributed by atoms with Crippen LogP contribution in [0.25, 0.3) is 0 Å². The highest BCUT2D eigenvalue weighted by atomic mass is 19.1. The summed E-state index contributed by atoms with van der Waals surface area (Å²) in [6.07, 6.45) is 0. The number of hydrogen-bond donors (Lipinski definition) is 0. The van der Waals surface area contributed by atoms with E-state index in [0.717, 1.165) is 6.54 Å². The summed E-state index contributed by atoms with van der Waals surface area (Å²) < 4.78 is 26.3. The molecular formula is C11H14FNO. The predicted octanol–water partition coefficient (Wildman–Crippen LogP) is 2.43. The van der Waals surface area contributed by atoms with Gasteiger partial charge in [0.25, 0.3) is 0 Å². The van der Waals surface area contributed by atoms with Crippen LogP contribution in [0.2, 0.25) is 0 Å². The largest absolute Gasteiger partial charge is 0.486 e. The number of benzene rings is 1. The molecule has 76 valence electrons. The first-order valence-electron chi connectivity index (χ1n) is 5.29. The molecule has 0 unspecified atom stereocenters. The SMILES string of the molecule is [2H]c1cc(F)c2c(c1)N(C(C)C)CCO2. The summed E-state index contributed by atoms with van der Waals surface area (Å²) >= 11 is 0. The zero-order valence-corrected chi connectivity index (χ0v) is 8.38. The second-order valence-corrected chi connectivity index (χ2v) is 3.65. The third-order valence-corrected chi connectivity index (χ3v) is 2.39. The molecule has 0 bridgehead atoms. The maximum absolute atomic E-state index is 13.5. The highest BCUT2D eigenvalue weighted by Gasteiger charge is 2.22. The lowest BCUT2D eigenvalue weighted by Crippen LogP contribution is -2.38. The molecule has 0 saturated heterocycles. The van der Waals surface area contributed by atoms with E-state index in [1.165, 1.54) is 6.07 Å². The van der Waals surface area contributed by atoms with Gasteiger partial charge >= 0.3 is 0 Å². The maximum atomic E-state index is 13.5. The molecule has 0 spiro atoms. The Bertz CT molecular complexity index is 381. The monoisotopic (exact) mass is 196 g/mol. The number of ether oxygens (including phenoxy) is 1. The maximum Gasteiger partial charge on any atom is 0.178 e. The molecule has 1 aliphatic heterocycles. The van der Waals surface area contributed by atoms with Gasteiger partial charge in [0, 0.05) is 6.04 Å². The summed E-state index contributed by atoms with van der Waals surface area (Å²) in [5.74, 6) is -0.159. The van der Waals surface area contributed by atoms with Crippen LogP contribution in [0.5, 0.6) is 5.75 Å². The molecule has 0 radical (unpaired) electrons. The van der Waals surface area contributed by atoms with E-state index in [4.69, 9.17) is 6.11 Å². The van der Waals surface area contributed by atoms with Crippen molar-refractivity contribution in [1.29, 1.82) is 0 Å². The van der Waals surface area contributed by atoms with Crippen molar-refractivity contribution in [3.8, 4) is 5.75 Å². The molecule has 2 rings (SSSR count). The van der Waals surface area contributed by atoms with Crippen LogP contribution in [-0.2, 0) is 0 Å². The summed E-state index contributed by atoms with van der Waals surface area (Å²) in [5.41, 5.74) is 0.696. The van der Waals surface area contributed by atoms with Gasteiger partial charge in [-0.2, -0.15) is 0 Å². The topological polar surface area (TPSA) is 12.5 Å². The second-order valence-electron chi connectivity index (χ2n) is 3.65. The van der Waals surface area contributed by atoms with Crippen molar-refractivity contribution in [2.24, 2.45) is 0 Å². The van der Waals surface area contributed by atoms with E-state index >= 15 is 0 Å². The van der Waals surface area contributed by atoms with Crippen molar-refractivity contribution < 1.29 is 10.5 Å². The van der Waals surface area contributed by atoms with Gasteiger partial charge in [0.1, 0.15) is 6.61 Å². The smallest absolute Gasteiger partial charge is 0.178 e. The predicted molar refractivity (Wildman–Crippen MR) is 54.4 cm³/mol. The van der Waals surface area contributed by atoms with E-state index in [0.29, 0.717) is 12.3 Å². The van der Waals surface area contributed by atoms with Gasteiger partial charge in [-0.3, -0.25) is 0 Å². The first kappa shape index (κ1) is 8.09. The highest BCUT2D eigenvalue weighted by Crippen LogP contribution is 2.34. The van der Waals surface area contributed by atoms with Crippen molar-refractivity contribution in [3.63, 3.8) is 0 Å². The molecule has 1 heterocycles. The molecule has 0 aromatic heterocycles. The van der Waals surface area contributed by atoms with E-state index in [-0.39, 0.29) is 17.8 Å². The van der Waals surface area contributed by atoms with Crippen LogP contribution in [0.4, 0.5) is 10.1 Å². The quantitative estimate of drug-likeness (QED) is 0.684. The Morgan fingerprint density at radius 3 is 3.07 bits per heavy atom. The number of nitrogens with zero attached hydrogens (tertiary/aromatic N) is 1. The zero-order chi connectivity index (χ0) is 11.0. The van der Waals surface area contributed by atoms with E-state index in [2.05, 4.69) is 4.90 Å². The normalized spacial score (nSPS) is 16.3. The van der Waals surface area contributed by atoms with Gasteiger partial charge in [-0.1, -0.05) is 6.04 Å². The number of halogens is 1. The fourth-order valence-electron chi connectivity index (χ4n) is 1.71. The number of rotatable bonds is 1. The van der Waals surface area contributed by atoms with Crippen LogP contribution in [-0.4, -0.2) is 19.2 Å². The highest BCUT2D eigenvalue weighted by molar-refractivity contribution is 5.60. The van der Waals surface area contributed by atoms with Crippen molar-refractivity contribution in [3.05, 3.63) is 24.0 Å². The minimum absolute atomic E-state index is 0.183. The molecule has 1 aliphatic rings. The minimum atomic E-state index is -0.442. The number of fused-ring (bicyclic) bond motifs is 1. The Labute approximate surface area is 84.7 Å². The van der Waals surface area contributed by atoms with E-state index in [1.54, 1.807) is 6.07 Å². The van der Waals surface area contributed by atoms with Crippen LogP contribution < -0.4 is 9.64 Å². The second kappa shape index (κ2) is 3.48. The molecule has 0 fully saturated rings. The first-order valence-corrected chi connectivity index (χ1v) is 4.79. The molecule has 1 aromatic carbocycles. The summed E-state index contributed by atoms with van der Waals surface area (Å²) in [5, 5.41) is 0. The molecule has 0 N–H and O–H groups in total. The van der Waals surface area contributed by atoms with E-state index in [9.17, 15) is 4.39 Å². The lowest BCUT2D eigenvalue weighted by Gasteiger charge is -2.34.